The van der Waals surface area contributed by atoms with Crippen LogP contribution in [0.1, 0.15) is 56.6 Å². The smallest absolute Gasteiger partial charge is 0.0749 e. The highest BCUT2D eigenvalue weighted by atomic mass is 15.2. The summed E-state index contributed by atoms with van der Waals surface area (Å²) in [5.41, 5.74) is 2.47. The number of hydrogen-bond acceptors (Lipinski definition) is 1. The zero-order valence-corrected chi connectivity index (χ0v) is 13.4. The van der Waals surface area contributed by atoms with Crippen LogP contribution >= 0.6 is 0 Å². The van der Waals surface area contributed by atoms with Crippen LogP contribution in [0.5, 0.6) is 0 Å². The third kappa shape index (κ3) is 3.50. The minimum absolute atomic E-state index is 0.478. The molecule has 2 unspecified atom stereocenters. The monoisotopic (exact) mass is 281 g/mol. The quantitative estimate of drug-likeness (QED) is 0.727. The Morgan fingerprint density at radius 3 is 2.38 bits per heavy atom. The highest BCUT2D eigenvalue weighted by Crippen LogP contribution is 2.33. The molecule has 1 saturated heterocycles. The first-order valence-electron chi connectivity index (χ1n) is 8.58. The van der Waals surface area contributed by atoms with E-state index in [-0.39, 0.29) is 0 Å². The lowest BCUT2D eigenvalue weighted by Crippen LogP contribution is -2.41. The van der Waals surface area contributed by atoms with Gasteiger partial charge in [0.1, 0.15) is 0 Å². The molecule has 1 heterocycles. The maximum atomic E-state index is 3.65. The summed E-state index contributed by atoms with van der Waals surface area (Å²) in [5, 5.41) is 0. The number of likely N-dealkylation sites (tertiary alicyclic amines) is 1. The summed E-state index contributed by atoms with van der Waals surface area (Å²) in [6.07, 6.45) is 8.23. The molecule has 1 saturated carbocycles. The largest absolute Gasteiger partial charge is 0.287 e. The van der Waals surface area contributed by atoms with Gasteiger partial charge in [0.25, 0.3) is 0 Å². The molecular weight excluding hydrogens is 254 g/mol. The van der Waals surface area contributed by atoms with E-state index in [9.17, 15) is 0 Å². The molecule has 0 radical (unpaired) electrons. The van der Waals surface area contributed by atoms with Crippen molar-refractivity contribution in [3.8, 4) is 11.8 Å². The SMILES string of the molecule is Cc1ccc(C#CC(C2CCCC2)N2CCCC2C)cc1. The number of rotatable bonds is 2. The van der Waals surface area contributed by atoms with Gasteiger partial charge in [-0.15, -0.1) is 0 Å². The molecule has 21 heavy (non-hydrogen) atoms. The minimum Gasteiger partial charge on any atom is -0.287 e. The summed E-state index contributed by atoms with van der Waals surface area (Å²) in [4.78, 5) is 2.68. The minimum atomic E-state index is 0.478. The molecule has 112 valence electrons. The third-order valence-corrected chi connectivity index (χ3v) is 5.22. The molecule has 0 aromatic heterocycles. The Bertz CT molecular complexity index is 513. The Kier molecular flexibility index (Phi) is 4.66. The van der Waals surface area contributed by atoms with Crippen LogP contribution in [0.4, 0.5) is 0 Å². The molecular formula is C20H27N. The van der Waals surface area contributed by atoms with Crippen LogP contribution in [0, 0.1) is 24.7 Å². The third-order valence-electron chi connectivity index (χ3n) is 5.22. The topological polar surface area (TPSA) is 3.24 Å². The van der Waals surface area contributed by atoms with E-state index in [1.165, 1.54) is 50.6 Å². The van der Waals surface area contributed by atoms with Crippen LogP contribution in [-0.4, -0.2) is 23.5 Å². The first kappa shape index (κ1) is 14.7. The summed E-state index contributed by atoms with van der Waals surface area (Å²) in [6.45, 7) is 5.75. The second-order valence-corrected chi connectivity index (χ2v) is 6.85. The molecule has 1 heteroatoms. The lowest BCUT2D eigenvalue weighted by molar-refractivity contribution is 0.178. The molecule has 1 nitrogen and oxygen atoms in total. The summed E-state index contributed by atoms with van der Waals surface area (Å²) in [7, 11) is 0. The fourth-order valence-corrected chi connectivity index (χ4v) is 3.91. The number of benzene rings is 1. The van der Waals surface area contributed by atoms with E-state index in [1.807, 2.05) is 0 Å². The maximum Gasteiger partial charge on any atom is 0.0749 e. The van der Waals surface area contributed by atoms with Gasteiger partial charge in [-0.25, -0.2) is 0 Å². The molecule has 0 bridgehead atoms. The summed E-state index contributed by atoms with van der Waals surface area (Å²) < 4.78 is 0. The van der Waals surface area contributed by atoms with Crippen molar-refractivity contribution in [2.24, 2.45) is 5.92 Å². The van der Waals surface area contributed by atoms with E-state index in [0.29, 0.717) is 12.1 Å². The Balaban J connectivity index is 1.80. The Morgan fingerprint density at radius 1 is 1.05 bits per heavy atom. The summed E-state index contributed by atoms with van der Waals surface area (Å²) >= 11 is 0. The van der Waals surface area contributed by atoms with Crippen molar-refractivity contribution in [2.75, 3.05) is 6.54 Å². The van der Waals surface area contributed by atoms with Gasteiger partial charge in [-0.05, 0) is 64.1 Å². The summed E-state index contributed by atoms with van der Waals surface area (Å²) in [5.74, 6) is 7.90. The maximum absolute atomic E-state index is 3.65. The molecule has 1 aliphatic carbocycles. The molecule has 1 aliphatic heterocycles. The van der Waals surface area contributed by atoms with Crippen molar-refractivity contribution in [3.05, 3.63) is 35.4 Å². The Labute approximate surface area is 129 Å². The lowest BCUT2D eigenvalue weighted by Gasteiger charge is -2.32. The van der Waals surface area contributed by atoms with Crippen LogP contribution in [0.3, 0.4) is 0 Å². The lowest BCUT2D eigenvalue weighted by atomic mass is 9.96. The molecule has 2 fully saturated rings. The van der Waals surface area contributed by atoms with Gasteiger partial charge in [-0.1, -0.05) is 42.4 Å². The first-order valence-corrected chi connectivity index (χ1v) is 8.58. The Hall–Kier alpha value is -1.26. The standard InChI is InChI=1S/C20H27N/c1-16-9-11-18(12-10-16)13-14-20(19-7-3-4-8-19)21-15-5-6-17(21)2/h9-12,17,19-20H,3-8,15H2,1-2H3. The highest BCUT2D eigenvalue weighted by Gasteiger charge is 2.33. The van der Waals surface area contributed by atoms with Crippen LogP contribution in [0.2, 0.25) is 0 Å². The van der Waals surface area contributed by atoms with E-state index in [2.05, 4.69) is 54.9 Å². The van der Waals surface area contributed by atoms with Crippen LogP contribution in [0.25, 0.3) is 0 Å². The van der Waals surface area contributed by atoms with Crippen LogP contribution in [0.15, 0.2) is 24.3 Å². The molecule has 0 N–H and O–H groups in total. The first-order chi connectivity index (χ1) is 10.2. The normalized spacial score (nSPS) is 24.8. The van der Waals surface area contributed by atoms with Gasteiger partial charge in [0.05, 0.1) is 6.04 Å². The number of nitrogens with zero attached hydrogens (tertiary/aromatic N) is 1. The van der Waals surface area contributed by atoms with Crippen LogP contribution < -0.4 is 0 Å². The molecule has 0 spiro atoms. The van der Waals surface area contributed by atoms with E-state index in [0.717, 1.165) is 11.5 Å². The van der Waals surface area contributed by atoms with Crippen molar-refractivity contribution in [1.82, 2.24) is 4.90 Å². The predicted octanol–water partition coefficient (Wildman–Crippen LogP) is 4.39. The van der Waals surface area contributed by atoms with Gasteiger partial charge >= 0.3 is 0 Å². The predicted molar refractivity (Wildman–Crippen MR) is 89.2 cm³/mol. The van der Waals surface area contributed by atoms with Crippen LogP contribution in [-0.2, 0) is 0 Å². The van der Waals surface area contributed by atoms with E-state index >= 15 is 0 Å². The van der Waals surface area contributed by atoms with Crippen molar-refractivity contribution in [2.45, 2.75) is 64.5 Å². The van der Waals surface area contributed by atoms with Gasteiger partial charge in [0, 0.05) is 11.6 Å². The summed E-state index contributed by atoms with van der Waals surface area (Å²) in [6, 6.07) is 9.82. The second-order valence-electron chi connectivity index (χ2n) is 6.85. The number of hydrogen-bond donors (Lipinski definition) is 0. The molecule has 2 atom stereocenters. The highest BCUT2D eigenvalue weighted by molar-refractivity contribution is 5.37. The van der Waals surface area contributed by atoms with Gasteiger partial charge in [-0.2, -0.15) is 0 Å². The zero-order chi connectivity index (χ0) is 14.7. The van der Waals surface area contributed by atoms with E-state index in [4.69, 9.17) is 0 Å². The van der Waals surface area contributed by atoms with Crippen molar-refractivity contribution >= 4 is 0 Å². The average molecular weight is 281 g/mol. The van der Waals surface area contributed by atoms with Crippen molar-refractivity contribution in [1.29, 1.82) is 0 Å². The molecule has 0 amide bonds. The van der Waals surface area contributed by atoms with Gasteiger partial charge in [0.2, 0.25) is 0 Å². The fraction of sp³-hybridized carbons (Fsp3) is 0.600. The fourth-order valence-electron chi connectivity index (χ4n) is 3.91. The molecule has 2 aliphatic rings. The average Bonchev–Trinajstić information content (AvgIpc) is 3.14. The van der Waals surface area contributed by atoms with Crippen molar-refractivity contribution in [3.63, 3.8) is 0 Å². The molecule has 1 aromatic carbocycles. The van der Waals surface area contributed by atoms with Gasteiger partial charge in [-0.3, -0.25) is 4.90 Å². The van der Waals surface area contributed by atoms with Gasteiger partial charge < -0.3 is 0 Å². The van der Waals surface area contributed by atoms with E-state index in [1.54, 1.807) is 0 Å². The zero-order valence-electron chi connectivity index (χ0n) is 13.4. The van der Waals surface area contributed by atoms with Gasteiger partial charge in [0.15, 0.2) is 0 Å². The Morgan fingerprint density at radius 2 is 1.76 bits per heavy atom. The van der Waals surface area contributed by atoms with E-state index < -0.39 is 0 Å². The van der Waals surface area contributed by atoms with Crippen molar-refractivity contribution < 1.29 is 0 Å². The molecule has 1 aromatic rings. The number of aryl methyl sites for hydroxylation is 1. The molecule has 3 rings (SSSR count). The second kappa shape index (κ2) is 6.67.